The van der Waals surface area contributed by atoms with Gasteiger partial charge in [0, 0.05) is 4.90 Å². The molecule has 102 valence electrons. The van der Waals surface area contributed by atoms with Crippen molar-refractivity contribution in [3.63, 3.8) is 0 Å². The quantitative estimate of drug-likeness (QED) is 0.853. The van der Waals surface area contributed by atoms with Gasteiger partial charge in [-0.25, -0.2) is 4.39 Å². The number of rotatable bonds is 5. The SMILES string of the molecule is CC(C)[C@@H](N)c1nc(CSc2ccc(F)cc2)no1. The first kappa shape index (κ1) is 14.0. The third-order valence-electron chi connectivity index (χ3n) is 2.67. The molecule has 0 saturated carbocycles. The van der Waals surface area contributed by atoms with E-state index in [0.29, 0.717) is 17.5 Å². The van der Waals surface area contributed by atoms with Crippen molar-refractivity contribution in [3.05, 3.63) is 41.8 Å². The lowest BCUT2D eigenvalue weighted by Gasteiger charge is -2.09. The number of benzene rings is 1. The lowest BCUT2D eigenvalue weighted by atomic mass is 10.1. The molecule has 2 aromatic rings. The summed E-state index contributed by atoms with van der Waals surface area (Å²) >= 11 is 1.52. The van der Waals surface area contributed by atoms with Crippen molar-refractivity contribution in [1.29, 1.82) is 0 Å². The van der Waals surface area contributed by atoms with E-state index in [4.69, 9.17) is 10.3 Å². The van der Waals surface area contributed by atoms with Crippen LogP contribution in [0, 0.1) is 11.7 Å². The molecule has 0 aliphatic heterocycles. The van der Waals surface area contributed by atoms with E-state index >= 15 is 0 Å². The molecule has 0 unspecified atom stereocenters. The van der Waals surface area contributed by atoms with E-state index in [-0.39, 0.29) is 17.8 Å². The van der Waals surface area contributed by atoms with Gasteiger partial charge in [-0.2, -0.15) is 4.98 Å². The predicted octanol–water partition coefficient (Wildman–Crippen LogP) is 3.16. The highest BCUT2D eigenvalue weighted by molar-refractivity contribution is 7.98. The number of hydrogen-bond donors (Lipinski definition) is 1. The predicted molar refractivity (Wildman–Crippen MR) is 72.0 cm³/mol. The maximum absolute atomic E-state index is 12.8. The summed E-state index contributed by atoms with van der Waals surface area (Å²) in [4.78, 5) is 5.23. The molecule has 1 aromatic heterocycles. The second kappa shape index (κ2) is 6.16. The molecule has 1 atom stereocenters. The van der Waals surface area contributed by atoms with E-state index in [1.54, 1.807) is 12.1 Å². The summed E-state index contributed by atoms with van der Waals surface area (Å²) in [6.07, 6.45) is 0. The van der Waals surface area contributed by atoms with Gasteiger partial charge in [0.25, 0.3) is 0 Å². The van der Waals surface area contributed by atoms with E-state index in [9.17, 15) is 4.39 Å². The summed E-state index contributed by atoms with van der Waals surface area (Å²) in [7, 11) is 0. The van der Waals surface area contributed by atoms with Crippen LogP contribution >= 0.6 is 11.8 Å². The largest absolute Gasteiger partial charge is 0.338 e. The highest BCUT2D eigenvalue weighted by Crippen LogP contribution is 2.23. The zero-order valence-electron chi connectivity index (χ0n) is 10.8. The number of nitrogens with two attached hydrogens (primary N) is 1. The first-order valence-electron chi connectivity index (χ1n) is 6.02. The number of nitrogens with zero attached hydrogens (tertiary/aromatic N) is 2. The third kappa shape index (κ3) is 3.78. The van der Waals surface area contributed by atoms with Crippen molar-refractivity contribution in [1.82, 2.24) is 10.1 Å². The Balaban J connectivity index is 1.95. The van der Waals surface area contributed by atoms with E-state index < -0.39 is 0 Å². The molecule has 6 heteroatoms. The molecule has 0 spiro atoms. The Hall–Kier alpha value is -1.40. The van der Waals surface area contributed by atoms with Crippen LogP contribution in [0.15, 0.2) is 33.7 Å². The lowest BCUT2D eigenvalue weighted by molar-refractivity contribution is 0.323. The molecule has 1 heterocycles. The fraction of sp³-hybridized carbons (Fsp3) is 0.385. The van der Waals surface area contributed by atoms with Crippen LogP contribution in [-0.4, -0.2) is 10.1 Å². The van der Waals surface area contributed by atoms with Gasteiger partial charge in [-0.15, -0.1) is 11.8 Å². The Bertz CT molecular complexity index is 527. The summed E-state index contributed by atoms with van der Waals surface area (Å²) < 4.78 is 17.9. The molecular formula is C13H16FN3OS. The van der Waals surface area contributed by atoms with Crippen LogP contribution in [0.25, 0.3) is 0 Å². The van der Waals surface area contributed by atoms with E-state index in [2.05, 4.69) is 10.1 Å². The monoisotopic (exact) mass is 281 g/mol. The van der Waals surface area contributed by atoms with Crippen LogP contribution < -0.4 is 5.73 Å². The van der Waals surface area contributed by atoms with Gasteiger partial charge in [0.15, 0.2) is 5.82 Å². The van der Waals surface area contributed by atoms with Crippen LogP contribution in [0.3, 0.4) is 0 Å². The lowest BCUT2D eigenvalue weighted by Crippen LogP contribution is -2.17. The molecule has 0 bridgehead atoms. The van der Waals surface area contributed by atoms with Gasteiger partial charge < -0.3 is 10.3 Å². The average Bonchev–Trinajstić information content (AvgIpc) is 2.86. The van der Waals surface area contributed by atoms with Crippen LogP contribution in [0.4, 0.5) is 4.39 Å². The minimum absolute atomic E-state index is 0.239. The van der Waals surface area contributed by atoms with Gasteiger partial charge in [-0.3, -0.25) is 0 Å². The maximum atomic E-state index is 12.8. The zero-order chi connectivity index (χ0) is 13.8. The molecule has 0 aliphatic rings. The van der Waals surface area contributed by atoms with Crippen LogP contribution in [0.2, 0.25) is 0 Å². The first-order valence-corrected chi connectivity index (χ1v) is 7.01. The molecule has 0 aliphatic carbocycles. The second-order valence-electron chi connectivity index (χ2n) is 4.56. The summed E-state index contributed by atoms with van der Waals surface area (Å²) in [5, 5.41) is 3.89. The summed E-state index contributed by atoms with van der Waals surface area (Å²) in [5.41, 5.74) is 5.93. The van der Waals surface area contributed by atoms with Crippen LogP contribution in [0.1, 0.15) is 31.6 Å². The van der Waals surface area contributed by atoms with Gasteiger partial charge in [-0.1, -0.05) is 19.0 Å². The Morgan fingerprint density at radius 1 is 1.32 bits per heavy atom. The van der Waals surface area contributed by atoms with Crippen LogP contribution in [0.5, 0.6) is 0 Å². The van der Waals surface area contributed by atoms with Crippen molar-refractivity contribution >= 4 is 11.8 Å². The molecule has 2 N–H and O–H groups in total. The summed E-state index contributed by atoms with van der Waals surface area (Å²) in [5.74, 6) is 1.64. The van der Waals surface area contributed by atoms with Crippen molar-refractivity contribution in [3.8, 4) is 0 Å². The van der Waals surface area contributed by atoms with Gasteiger partial charge in [-0.05, 0) is 30.2 Å². The van der Waals surface area contributed by atoms with Crippen molar-refractivity contribution in [2.45, 2.75) is 30.5 Å². The zero-order valence-corrected chi connectivity index (χ0v) is 11.7. The van der Waals surface area contributed by atoms with Crippen molar-refractivity contribution < 1.29 is 8.91 Å². The van der Waals surface area contributed by atoms with Gasteiger partial charge in [0.1, 0.15) is 5.82 Å². The molecule has 0 radical (unpaired) electrons. The first-order chi connectivity index (χ1) is 9.06. The molecule has 19 heavy (non-hydrogen) atoms. The Labute approximate surface area is 115 Å². The molecule has 0 amide bonds. The fourth-order valence-corrected chi connectivity index (χ4v) is 2.17. The summed E-state index contributed by atoms with van der Waals surface area (Å²) in [6, 6.07) is 6.07. The van der Waals surface area contributed by atoms with Crippen molar-refractivity contribution in [2.24, 2.45) is 11.7 Å². The Morgan fingerprint density at radius 2 is 2.00 bits per heavy atom. The number of thioether (sulfide) groups is 1. The molecule has 0 saturated heterocycles. The highest BCUT2D eigenvalue weighted by atomic mass is 32.2. The minimum Gasteiger partial charge on any atom is -0.338 e. The topological polar surface area (TPSA) is 64.9 Å². The molecular weight excluding hydrogens is 265 g/mol. The maximum Gasteiger partial charge on any atom is 0.243 e. The van der Waals surface area contributed by atoms with Crippen molar-refractivity contribution in [2.75, 3.05) is 0 Å². The third-order valence-corrected chi connectivity index (χ3v) is 3.68. The Morgan fingerprint density at radius 3 is 2.63 bits per heavy atom. The number of aromatic nitrogens is 2. The van der Waals surface area contributed by atoms with Gasteiger partial charge in [0.05, 0.1) is 11.8 Å². The molecule has 4 nitrogen and oxygen atoms in total. The fourth-order valence-electron chi connectivity index (χ4n) is 1.43. The normalized spacial score (nSPS) is 12.9. The number of halogens is 1. The van der Waals surface area contributed by atoms with Gasteiger partial charge >= 0.3 is 0 Å². The van der Waals surface area contributed by atoms with Crippen LogP contribution in [-0.2, 0) is 5.75 Å². The van der Waals surface area contributed by atoms with E-state index in [1.807, 2.05) is 13.8 Å². The molecule has 0 fully saturated rings. The van der Waals surface area contributed by atoms with Gasteiger partial charge in [0.2, 0.25) is 5.89 Å². The number of hydrogen-bond acceptors (Lipinski definition) is 5. The smallest absolute Gasteiger partial charge is 0.243 e. The highest BCUT2D eigenvalue weighted by Gasteiger charge is 2.17. The summed E-state index contributed by atoms with van der Waals surface area (Å²) in [6.45, 7) is 4.00. The standard InChI is InChI=1S/C13H16FN3OS/c1-8(2)12(15)13-16-11(17-18-13)7-19-10-5-3-9(14)4-6-10/h3-6,8,12H,7,15H2,1-2H3/t12-/m1/s1. The van der Waals surface area contributed by atoms with E-state index in [0.717, 1.165) is 4.90 Å². The van der Waals surface area contributed by atoms with E-state index in [1.165, 1.54) is 23.9 Å². The average molecular weight is 281 g/mol. The molecule has 2 rings (SSSR count). The second-order valence-corrected chi connectivity index (χ2v) is 5.61. The Kier molecular flexibility index (Phi) is 4.55. The minimum atomic E-state index is -0.242. The molecule has 1 aromatic carbocycles.